The number of ether oxygens (including phenoxy) is 2. The molecule has 1 aliphatic rings. The van der Waals surface area contributed by atoms with E-state index in [0.29, 0.717) is 56.7 Å². The van der Waals surface area contributed by atoms with Crippen LogP contribution in [-0.2, 0) is 11.4 Å². The largest absolute Gasteiger partial charge is 0.488 e. The van der Waals surface area contributed by atoms with Crippen molar-refractivity contribution in [2.24, 2.45) is 5.41 Å². The Labute approximate surface area is 231 Å². The van der Waals surface area contributed by atoms with Gasteiger partial charge in [-0.1, -0.05) is 38.4 Å². The van der Waals surface area contributed by atoms with E-state index in [0.717, 1.165) is 18.5 Å². The molecule has 9 heteroatoms. The average molecular weight is 542 g/mol. The number of amides is 1. The molecule has 2 aromatic heterocycles. The van der Waals surface area contributed by atoms with E-state index in [1.807, 2.05) is 51.1 Å². The molecule has 1 saturated carbocycles. The number of aromatic nitrogens is 2. The first-order valence-electron chi connectivity index (χ1n) is 12.7. The Morgan fingerprint density at radius 2 is 1.95 bits per heavy atom. The summed E-state index contributed by atoms with van der Waals surface area (Å²) in [6, 6.07) is 16.8. The number of carbonyl (C=O) groups excluding carboxylic acids is 1. The third-order valence-electron chi connectivity index (χ3n) is 6.14. The molecule has 1 aliphatic carbocycles. The van der Waals surface area contributed by atoms with Crippen molar-refractivity contribution in [3.8, 4) is 17.6 Å². The fourth-order valence-corrected chi connectivity index (χ4v) is 4.02. The third kappa shape index (κ3) is 6.21. The van der Waals surface area contributed by atoms with Gasteiger partial charge in [-0.05, 0) is 55.3 Å². The van der Waals surface area contributed by atoms with E-state index in [2.05, 4.69) is 26.7 Å². The molecule has 0 unspecified atom stereocenters. The van der Waals surface area contributed by atoms with Crippen molar-refractivity contribution >= 4 is 45.5 Å². The highest BCUT2D eigenvalue weighted by Gasteiger charge is 2.27. The molecule has 0 atom stereocenters. The Morgan fingerprint density at radius 3 is 2.62 bits per heavy atom. The molecular weight excluding hydrogens is 514 g/mol. The molecule has 39 heavy (non-hydrogen) atoms. The molecule has 2 aromatic carbocycles. The number of anilines is 3. The summed E-state index contributed by atoms with van der Waals surface area (Å²) in [6.07, 6.45) is 5.24. The predicted octanol–water partition coefficient (Wildman–Crippen LogP) is 7.00. The number of hydrogen-bond donors (Lipinski definition) is 2. The fourth-order valence-electron chi connectivity index (χ4n) is 3.78. The second-order valence-corrected chi connectivity index (χ2v) is 10.8. The van der Waals surface area contributed by atoms with Crippen molar-refractivity contribution in [3.05, 3.63) is 77.2 Å². The smallest absolute Gasteiger partial charge is 0.229 e. The minimum atomic E-state index is -0.580. The molecule has 4 aromatic rings. The molecule has 8 nitrogen and oxygen atoms in total. The van der Waals surface area contributed by atoms with Crippen LogP contribution in [0, 0.1) is 16.7 Å². The minimum absolute atomic E-state index is 0.105. The van der Waals surface area contributed by atoms with Crippen molar-refractivity contribution in [2.45, 2.75) is 46.3 Å². The fraction of sp³-hybridized carbons (Fsp3) is 0.267. The molecule has 2 heterocycles. The number of pyridine rings is 2. The van der Waals surface area contributed by atoms with Gasteiger partial charge in [0.1, 0.15) is 24.2 Å². The van der Waals surface area contributed by atoms with Gasteiger partial charge in [0.25, 0.3) is 0 Å². The highest BCUT2D eigenvalue weighted by atomic mass is 35.5. The molecule has 0 bridgehead atoms. The van der Waals surface area contributed by atoms with Crippen molar-refractivity contribution in [3.63, 3.8) is 0 Å². The first-order valence-corrected chi connectivity index (χ1v) is 13.0. The molecule has 5 rings (SSSR count). The van der Waals surface area contributed by atoms with E-state index in [4.69, 9.17) is 21.1 Å². The van der Waals surface area contributed by atoms with Crippen LogP contribution in [0.2, 0.25) is 5.02 Å². The van der Waals surface area contributed by atoms with Crippen LogP contribution in [0.4, 0.5) is 17.1 Å². The number of fused-ring (bicyclic) bond motifs is 1. The standard InChI is InChI=1S/C30H28ClN5O3/c1-30(2,3)29(37)36-25-14-24-22(13-27(25)39-21-8-9-21)28(18(15-32)16-34-24)35-19-7-10-26(23(31)12-19)38-17-20-6-4-5-11-33-20/h4-7,10-14,16,21H,8-9,17H2,1-3H3,(H,34,35)(H,36,37). The molecule has 0 spiro atoms. The summed E-state index contributed by atoms with van der Waals surface area (Å²) in [7, 11) is 0. The van der Waals surface area contributed by atoms with Gasteiger partial charge in [0.05, 0.1) is 39.3 Å². The van der Waals surface area contributed by atoms with Crippen LogP contribution in [0.5, 0.6) is 11.5 Å². The number of hydrogen-bond acceptors (Lipinski definition) is 7. The number of nitrogens with one attached hydrogen (secondary N) is 2. The highest BCUT2D eigenvalue weighted by molar-refractivity contribution is 6.32. The Balaban J connectivity index is 1.47. The van der Waals surface area contributed by atoms with Crippen LogP contribution in [0.15, 0.2) is 60.9 Å². The van der Waals surface area contributed by atoms with Gasteiger partial charge in [-0.2, -0.15) is 5.26 Å². The van der Waals surface area contributed by atoms with E-state index in [9.17, 15) is 10.1 Å². The van der Waals surface area contributed by atoms with Crippen LogP contribution >= 0.6 is 11.6 Å². The van der Waals surface area contributed by atoms with E-state index < -0.39 is 5.41 Å². The van der Waals surface area contributed by atoms with Gasteiger partial charge in [0, 0.05) is 28.9 Å². The van der Waals surface area contributed by atoms with Crippen LogP contribution in [0.3, 0.4) is 0 Å². The van der Waals surface area contributed by atoms with E-state index in [1.165, 1.54) is 6.20 Å². The van der Waals surface area contributed by atoms with Crippen molar-refractivity contribution in [2.75, 3.05) is 10.6 Å². The molecule has 198 valence electrons. The lowest BCUT2D eigenvalue weighted by Crippen LogP contribution is -2.27. The number of benzene rings is 2. The molecule has 0 radical (unpaired) electrons. The molecule has 0 saturated heterocycles. The SMILES string of the molecule is CC(C)(C)C(=O)Nc1cc2ncc(C#N)c(Nc3ccc(OCc4ccccn4)c(Cl)c3)c2cc1OC1CC1. The first-order chi connectivity index (χ1) is 18.7. The van der Waals surface area contributed by atoms with Crippen LogP contribution in [0.25, 0.3) is 10.9 Å². The lowest BCUT2D eigenvalue weighted by Gasteiger charge is -2.21. The summed E-state index contributed by atoms with van der Waals surface area (Å²) < 4.78 is 12.0. The third-order valence-corrected chi connectivity index (χ3v) is 6.44. The topological polar surface area (TPSA) is 109 Å². The monoisotopic (exact) mass is 541 g/mol. The van der Waals surface area contributed by atoms with Crippen LogP contribution in [0.1, 0.15) is 44.9 Å². The van der Waals surface area contributed by atoms with Gasteiger partial charge in [-0.3, -0.25) is 14.8 Å². The lowest BCUT2D eigenvalue weighted by atomic mass is 9.95. The lowest BCUT2D eigenvalue weighted by molar-refractivity contribution is -0.123. The van der Waals surface area contributed by atoms with Gasteiger partial charge in [0.2, 0.25) is 5.91 Å². The second kappa shape index (κ2) is 10.8. The van der Waals surface area contributed by atoms with Crippen molar-refractivity contribution < 1.29 is 14.3 Å². The van der Waals surface area contributed by atoms with E-state index in [1.54, 1.807) is 24.4 Å². The van der Waals surface area contributed by atoms with Crippen molar-refractivity contribution in [1.82, 2.24) is 9.97 Å². The summed E-state index contributed by atoms with van der Waals surface area (Å²) in [5.41, 5.74) is 2.96. The van der Waals surface area contributed by atoms with Gasteiger partial charge in [-0.15, -0.1) is 0 Å². The maximum atomic E-state index is 12.8. The maximum Gasteiger partial charge on any atom is 0.229 e. The average Bonchev–Trinajstić information content (AvgIpc) is 3.73. The second-order valence-electron chi connectivity index (χ2n) is 10.4. The number of halogens is 1. The molecule has 2 N–H and O–H groups in total. The number of rotatable bonds is 8. The zero-order chi connectivity index (χ0) is 27.6. The normalized spacial score (nSPS) is 13.0. The summed E-state index contributed by atoms with van der Waals surface area (Å²) in [6.45, 7) is 5.84. The van der Waals surface area contributed by atoms with Gasteiger partial charge < -0.3 is 20.1 Å². The number of nitriles is 1. The number of carbonyl (C=O) groups is 1. The van der Waals surface area contributed by atoms with Gasteiger partial charge in [-0.25, -0.2) is 0 Å². The molecule has 1 amide bonds. The molecular formula is C30H28ClN5O3. The van der Waals surface area contributed by atoms with Crippen molar-refractivity contribution in [1.29, 1.82) is 5.26 Å². The summed E-state index contributed by atoms with van der Waals surface area (Å²) >= 11 is 6.53. The Hall–Kier alpha value is -4.35. The zero-order valence-electron chi connectivity index (χ0n) is 21.9. The Morgan fingerprint density at radius 1 is 1.13 bits per heavy atom. The maximum absolute atomic E-state index is 12.8. The van der Waals surface area contributed by atoms with E-state index >= 15 is 0 Å². The molecule has 0 aliphatic heterocycles. The van der Waals surface area contributed by atoms with Gasteiger partial charge in [0.15, 0.2) is 0 Å². The summed E-state index contributed by atoms with van der Waals surface area (Å²) in [5.74, 6) is 0.931. The van der Waals surface area contributed by atoms with Gasteiger partial charge >= 0.3 is 0 Å². The minimum Gasteiger partial charge on any atom is -0.488 e. The Kier molecular flexibility index (Phi) is 7.27. The van der Waals surface area contributed by atoms with Crippen LogP contribution in [-0.4, -0.2) is 22.0 Å². The summed E-state index contributed by atoms with van der Waals surface area (Å²) in [5, 5.41) is 17.3. The predicted molar refractivity (Wildman–Crippen MR) is 151 cm³/mol. The quantitative estimate of drug-likeness (QED) is 0.247. The molecule has 1 fully saturated rings. The highest BCUT2D eigenvalue weighted by Crippen LogP contribution is 2.40. The first kappa shape index (κ1) is 26.3. The van der Waals surface area contributed by atoms with E-state index in [-0.39, 0.29) is 12.0 Å². The number of nitrogens with zero attached hydrogens (tertiary/aromatic N) is 3. The van der Waals surface area contributed by atoms with Crippen LogP contribution < -0.4 is 20.1 Å². The zero-order valence-corrected chi connectivity index (χ0v) is 22.7. The summed E-state index contributed by atoms with van der Waals surface area (Å²) in [4.78, 5) is 21.5. The Bertz CT molecular complexity index is 1570.